The van der Waals surface area contributed by atoms with E-state index in [9.17, 15) is 4.79 Å². The summed E-state index contributed by atoms with van der Waals surface area (Å²) in [7, 11) is 0. The van der Waals surface area contributed by atoms with Crippen molar-refractivity contribution < 1.29 is 4.79 Å². The molecule has 0 spiro atoms. The molecule has 1 aromatic heterocycles. The summed E-state index contributed by atoms with van der Waals surface area (Å²) in [5, 5.41) is 12.6. The van der Waals surface area contributed by atoms with Crippen molar-refractivity contribution in [1.29, 1.82) is 0 Å². The minimum absolute atomic E-state index is 0.00924. The molecule has 0 unspecified atom stereocenters. The standard InChI is InChI=1S/C19H26N4OS/c1-4-23-18(15-7-5-6-8-15)21-22-19(23)25-12-17(24)20-16-10-9-13(2)11-14(16)3/h9-11,15H,4-8,12H2,1-3H3,(H,20,24). The van der Waals surface area contributed by atoms with Crippen molar-refractivity contribution in [2.45, 2.75) is 64.1 Å². The second-order valence-electron chi connectivity index (χ2n) is 6.72. The Balaban J connectivity index is 1.62. The Kier molecular flexibility index (Phi) is 5.78. The molecular weight excluding hydrogens is 332 g/mol. The van der Waals surface area contributed by atoms with Crippen LogP contribution in [0.3, 0.4) is 0 Å². The van der Waals surface area contributed by atoms with E-state index in [2.05, 4.69) is 33.1 Å². The molecule has 0 saturated heterocycles. The Morgan fingerprint density at radius 1 is 1.28 bits per heavy atom. The summed E-state index contributed by atoms with van der Waals surface area (Å²) >= 11 is 1.46. The molecule has 1 fully saturated rings. The van der Waals surface area contributed by atoms with E-state index >= 15 is 0 Å². The number of nitrogens with one attached hydrogen (secondary N) is 1. The normalized spacial score (nSPS) is 14.8. The highest BCUT2D eigenvalue weighted by Gasteiger charge is 2.24. The maximum Gasteiger partial charge on any atom is 0.234 e. The van der Waals surface area contributed by atoms with Gasteiger partial charge in [-0.05, 0) is 45.2 Å². The predicted molar refractivity (Wildman–Crippen MR) is 102 cm³/mol. The molecule has 0 atom stereocenters. The monoisotopic (exact) mass is 358 g/mol. The fourth-order valence-electron chi connectivity index (χ4n) is 3.46. The molecule has 0 bridgehead atoms. The van der Waals surface area contributed by atoms with Crippen molar-refractivity contribution >= 4 is 23.4 Å². The highest BCUT2D eigenvalue weighted by atomic mass is 32.2. The third-order valence-electron chi connectivity index (χ3n) is 4.77. The first-order valence-electron chi connectivity index (χ1n) is 9.01. The molecule has 1 aromatic carbocycles. The molecular formula is C19H26N4OS. The molecule has 2 aromatic rings. The number of carbonyl (C=O) groups excluding carboxylic acids is 1. The summed E-state index contributed by atoms with van der Waals surface area (Å²) in [4.78, 5) is 12.3. The van der Waals surface area contributed by atoms with Gasteiger partial charge in [0, 0.05) is 18.2 Å². The summed E-state index contributed by atoms with van der Waals surface area (Å²) in [6.07, 6.45) is 4.97. The maximum absolute atomic E-state index is 12.3. The zero-order valence-corrected chi connectivity index (χ0v) is 16.0. The fraction of sp³-hybridized carbons (Fsp3) is 0.526. The van der Waals surface area contributed by atoms with Crippen molar-refractivity contribution in [1.82, 2.24) is 14.8 Å². The van der Waals surface area contributed by atoms with Gasteiger partial charge in [-0.3, -0.25) is 4.79 Å². The Morgan fingerprint density at radius 3 is 2.72 bits per heavy atom. The van der Waals surface area contributed by atoms with Crippen LogP contribution in [-0.4, -0.2) is 26.4 Å². The molecule has 1 amide bonds. The third-order valence-corrected chi connectivity index (χ3v) is 5.74. The van der Waals surface area contributed by atoms with Gasteiger partial charge in [0.15, 0.2) is 5.16 Å². The quantitative estimate of drug-likeness (QED) is 0.782. The summed E-state index contributed by atoms with van der Waals surface area (Å²) in [5.41, 5.74) is 3.15. The predicted octanol–water partition coefficient (Wildman–Crippen LogP) is 4.30. The number of anilines is 1. The van der Waals surface area contributed by atoms with Crippen LogP contribution in [0.4, 0.5) is 5.69 Å². The maximum atomic E-state index is 12.3. The van der Waals surface area contributed by atoms with Gasteiger partial charge in [0.05, 0.1) is 5.75 Å². The van der Waals surface area contributed by atoms with Gasteiger partial charge in [-0.15, -0.1) is 10.2 Å². The molecule has 1 saturated carbocycles. The molecule has 1 N–H and O–H groups in total. The molecule has 1 aliphatic carbocycles. The molecule has 0 aliphatic heterocycles. The van der Waals surface area contributed by atoms with Crippen LogP contribution >= 0.6 is 11.8 Å². The number of amides is 1. The van der Waals surface area contributed by atoms with Crippen molar-refractivity contribution in [3.8, 4) is 0 Å². The Labute approximate surface area is 153 Å². The van der Waals surface area contributed by atoms with Crippen LogP contribution in [0.15, 0.2) is 23.4 Å². The van der Waals surface area contributed by atoms with Crippen molar-refractivity contribution in [2.24, 2.45) is 0 Å². The van der Waals surface area contributed by atoms with E-state index in [0.717, 1.165) is 28.8 Å². The van der Waals surface area contributed by atoms with E-state index in [4.69, 9.17) is 0 Å². The lowest BCUT2D eigenvalue weighted by atomic mass is 10.1. The average Bonchev–Trinajstić information content (AvgIpc) is 3.24. The van der Waals surface area contributed by atoms with Crippen LogP contribution in [-0.2, 0) is 11.3 Å². The molecule has 25 heavy (non-hydrogen) atoms. The smallest absolute Gasteiger partial charge is 0.234 e. The zero-order valence-electron chi connectivity index (χ0n) is 15.2. The van der Waals surface area contributed by atoms with E-state index in [1.165, 1.54) is 43.0 Å². The Hall–Kier alpha value is -1.82. The van der Waals surface area contributed by atoms with Gasteiger partial charge in [0.1, 0.15) is 5.82 Å². The molecule has 1 aliphatic rings. The third kappa shape index (κ3) is 4.24. The van der Waals surface area contributed by atoms with Crippen LogP contribution < -0.4 is 5.32 Å². The topological polar surface area (TPSA) is 59.8 Å². The van der Waals surface area contributed by atoms with Gasteiger partial charge in [-0.25, -0.2) is 0 Å². The van der Waals surface area contributed by atoms with Crippen LogP contribution in [0, 0.1) is 13.8 Å². The van der Waals surface area contributed by atoms with E-state index < -0.39 is 0 Å². The SMILES string of the molecule is CCn1c(SCC(=O)Nc2ccc(C)cc2C)nnc1C1CCCC1. The zero-order chi connectivity index (χ0) is 17.8. The average molecular weight is 359 g/mol. The minimum atomic E-state index is -0.00924. The van der Waals surface area contributed by atoms with E-state index in [-0.39, 0.29) is 5.91 Å². The van der Waals surface area contributed by atoms with E-state index in [0.29, 0.717) is 11.7 Å². The van der Waals surface area contributed by atoms with Crippen LogP contribution in [0.1, 0.15) is 55.5 Å². The number of rotatable bonds is 6. The first-order chi connectivity index (χ1) is 12.1. The van der Waals surface area contributed by atoms with Crippen molar-refractivity contribution in [2.75, 3.05) is 11.1 Å². The number of benzene rings is 1. The number of aryl methyl sites for hydroxylation is 2. The first-order valence-corrected chi connectivity index (χ1v) is 10.00. The molecule has 134 valence electrons. The number of thioether (sulfide) groups is 1. The Morgan fingerprint density at radius 2 is 2.04 bits per heavy atom. The number of hydrogen-bond acceptors (Lipinski definition) is 4. The number of nitrogens with zero attached hydrogens (tertiary/aromatic N) is 3. The highest BCUT2D eigenvalue weighted by Crippen LogP contribution is 2.34. The van der Waals surface area contributed by atoms with Crippen LogP contribution in [0.5, 0.6) is 0 Å². The number of hydrogen-bond donors (Lipinski definition) is 1. The van der Waals surface area contributed by atoms with Gasteiger partial charge in [-0.1, -0.05) is 42.3 Å². The summed E-state index contributed by atoms with van der Waals surface area (Å²) in [5.74, 6) is 1.96. The fourth-order valence-corrected chi connectivity index (χ4v) is 4.27. The summed E-state index contributed by atoms with van der Waals surface area (Å²) < 4.78 is 2.17. The molecule has 5 nitrogen and oxygen atoms in total. The van der Waals surface area contributed by atoms with Gasteiger partial charge in [0.2, 0.25) is 5.91 Å². The van der Waals surface area contributed by atoms with Crippen LogP contribution in [0.25, 0.3) is 0 Å². The van der Waals surface area contributed by atoms with Crippen LogP contribution in [0.2, 0.25) is 0 Å². The summed E-state index contributed by atoms with van der Waals surface area (Å²) in [6.45, 7) is 7.02. The lowest BCUT2D eigenvalue weighted by Gasteiger charge is -2.12. The molecule has 3 rings (SSSR count). The number of carbonyl (C=O) groups is 1. The second kappa shape index (κ2) is 8.04. The Bertz CT molecular complexity index is 750. The molecule has 6 heteroatoms. The molecule has 0 radical (unpaired) electrons. The van der Waals surface area contributed by atoms with Gasteiger partial charge < -0.3 is 9.88 Å². The van der Waals surface area contributed by atoms with Gasteiger partial charge in [0.25, 0.3) is 0 Å². The second-order valence-corrected chi connectivity index (χ2v) is 7.66. The highest BCUT2D eigenvalue weighted by molar-refractivity contribution is 7.99. The van der Waals surface area contributed by atoms with E-state index in [1.807, 2.05) is 26.0 Å². The van der Waals surface area contributed by atoms with Gasteiger partial charge >= 0.3 is 0 Å². The van der Waals surface area contributed by atoms with Crippen molar-refractivity contribution in [3.63, 3.8) is 0 Å². The lowest BCUT2D eigenvalue weighted by molar-refractivity contribution is -0.113. The first kappa shape index (κ1) is 18.0. The molecule has 1 heterocycles. The van der Waals surface area contributed by atoms with Crippen molar-refractivity contribution in [3.05, 3.63) is 35.2 Å². The lowest BCUT2D eigenvalue weighted by Crippen LogP contribution is -2.15. The minimum Gasteiger partial charge on any atom is -0.325 e. The van der Waals surface area contributed by atoms with E-state index in [1.54, 1.807) is 0 Å². The summed E-state index contributed by atoms with van der Waals surface area (Å²) in [6, 6.07) is 6.04. The largest absolute Gasteiger partial charge is 0.325 e. The number of aromatic nitrogens is 3. The van der Waals surface area contributed by atoms with Gasteiger partial charge in [-0.2, -0.15) is 0 Å².